The van der Waals surface area contributed by atoms with Gasteiger partial charge in [-0.05, 0) is 12.3 Å². The minimum absolute atomic E-state index is 0.775. The average molecular weight is 160 g/mol. The van der Waals surface area contributed by atoms with Crippen LogP contribution in [0.1, 0.15) is 0 Å². The van der Waals surface area contributed by atoms with E-state index in [1.807, 2.05) is 6.26 Å². The summed E-state index contributed by atoms with van der Waals surface area (Å²) in [6, 6.07) is 1.79. The third kappa shape index (κ3) is 1.60. The highest BCUT2D eigenvalue weighted by Crippen LogP contribution is 2.22. The van der Waals surface area contributed by atoms with Gasteiger partial charge in [0.25, 0.3) is 0 Å². The number of halogens is 1. The molecule has 0 aliphatic rings. The number of thioether (sulfide) groups is 1. The second-order valence-electron chi connectivity index (χ2n) is 1.51. The Morgan fingerprint density at radius 2 is 2.44 bits per heavy atom. The van der Waals surface area contributed by atoms with Crippen molar-refractivity contribution < 1.29 is 0 Å². The van der Waals surface area contributed by atoms with Crippen LogP contribution in [-0.4, -0.2) is 11.2 Å². The molecule has 1 rings (SSSR count). The minimum Gasteiger partial charge on any atom is -0.263 e. The Bertz CT molecular complexity index is 202. The van der Waals surface area contributed by atoms with E-state index in [-0.39, 0.29) is 0 Å². The molecule has 0 saturated carbocycles. The monoisotopic (exact) mass is 159 g/mol. The fourth-order valence-electron chi connectivity index (χ4n) is 0.513. The molecule has 0 unspecified atom stereocenters. The van der Waals surface area contributed by atoms with Crippen LogP contribution in [0.25, 0.3) is 0 Å². The molecule has 0 atom stereocenters. The molecule has 0 radical (unpaired) electrons. The first-order valence-corrected chi connectivity index (χ1v) is 4.08. The van der Waals surface area contributed by atoms with E-state index in [4.69, 9.17) is 11.6 Å². The maximum atomic E-state index is 5.76. The average Bonchev–Trinajstić information content (AvgIpc) is 1.89. The quantitative estimate of drug-likeness (QED) is 0.584. The van der Waals surface area contributed by atoms with Crippen molar-refractivity contribution in [1.82, 2.24) is 4.98 Å². The molecular formula is C6H6ClNS. The summed E-state index contributed by atoms with van der Waals surface area (Å²) >= 11 is 7.36. The van der Waals surface area contributed by atoms with Crippen LogP contribution >= 0.6 is 23.4 Å². The van der Waals surface area contributed by atoms with Gasteiger partial charge >= 0.3 is 0 Å². The zero-order chi connectivity index (χ0) is 6.69. The summed E-state index contributed by atoms with van der Waals surface area (Å²) in [5.41, 5.74) is 0. The van der Waals surface area contributed by atoms with Crippen molar-refractivity contribution in [3.05, 3.63) is 23.5 Å². The maximum absolute atomic E-state index is 5.76. The molecule has 1 aromatic rings. The van der Waals surface area contributed by atoms with Gasteiger partial charge in [0.1, 0.15) is 0 Å². The highest BCUT2D eigenvalue weighted by Gasteiger charge is 1.93. The van der Waals surface area contributed by atoms with Gasteiger partial charge in [-0.15, -0.1) is 11.8 Å². The van der Waals surface area contributed by atoms with Crippen molar-refractivity contribution in [1.29, 1.82) is 0 Å². The predicted octanol–water partition coefficient (Wildman–Crippen LogP) is 2.46. The van der Waals surface area contributed by atoms with E-state index in [0.29, 0.717) is 0 Å². The predicted molar refractivity (Wildman–Crippen MR) is 41.0 cm³/mol. The molecule has 0 N–H and O–H groups in total. The van der Waals surface area contributed by atoms with Crippen molar-refractivity contribution >= 4 is 23.4 Å². The molecule has 0 bridgehead atoms. The van der Waals surface area contributed by atoms with Gasteiger partial charge in [-0.1, -0.05) is 11.6 Å². The number of rotatable bonds is 1. The molecule has 0 amide bonds. The second kappa shape index (κ2) is 3.08. The van der Waals surface area contributed by atoms with E-state index in [1.165, 1.54) is 0 Å². The summed E-state index contributed by atoms with van der Waals surface area (Å²) in [7, 11) is 0. The van der Waals surface area contributed by atoms with E-state index in [9.17, 15) is 0 Å². The van der Waals surface area contributed by atoms with Crippen molar-refractivity contribution in [2.75, 3.05) is 6.26 Å². The first-order chi connectivity index (χ1) is 4.34. The van der Waals surface area contributed by atoms with E-state index >= 15 is 0 Å². The number of pyridine rings is 1. The van der Waals surface area contributed by atoms with Crippen LogP contribution in [-0.2, 0) is 0 Å². The van der Waals surface area contributed by atoms with Gasteiger partial charge in [0.15, 0.2) is 0 Å². The molecule has 9 heavy (non-hydrogen) atoms. The Labute approximate surface area is 63.4 Å². The van der Waals surface area contributed by atoms with Gasteiger partial charge in [0, 0.05) is 17.3 Å². The lowest BCUT2D eigenvalue weighted by Gasteiger charge is -1.94. The number of nitrogens with zero attached hydrogens (tertiary/aromatic N) is 1. The first-order valence-electron chi connectivity index (χ1n) is 2.48. The Balaban J connectivity index is 3.01. The molecule has 0 spiro atoms. The summed E-state index contributed by atoms with van der Waals surface area (Å²) in [6.45, 7) is 0. The Morgan fingerprint density at radius 3 is 2.89 bits per heavy atom. The number of hydrogen-bond acceptors (Lipinski definition) is 2. The fraction of sp³-hybridized carbons (Fsp3) is 0.167. The van der Waals surface area contributed by atoms with Crippen LogP contribution in [0.5, 0.6) is 0 Å². The summed E-state index contributed by atoms with van der Waals surface area (Å²) in [6.07, 6.45) is 5.41. The molecule has 1 nitrogen and oxygen atoms in total. The summed E-state index contributed by atoms with van der Waals surface area (Å²) in [4.78, 5) is 4.94. The third-order valence-electron chi connectivity index (χ3n) is 0.954. The molecule has 0 aliphatic carbocycles. The Hall–Kier alpha value is -0.210. The van der Waals surface area contributed by atoms with Gasteiger partial charge < -0.3 is 0 Å². The van der Waals surface area contributed by atoms with Crippen molar-refractivity contribution in [3.8, 4) is 0 Å². The lowest BCUT2D eigenvalue weighted by molar-refractivity contribution is 1.24. The zero-order valence-electron chi connectivity index (χ0n) is 4.97. The van der Waals surface area contributed by atoms with E-state index in [0.717, 1.165) is 9.92 Å². The SMILES string of the molecule is CSc1cnccc1Cl. The van der Waals surface area contributed by atoms with Gasteiger partial charge in [-0.2, -0.15) is 0 Å². The van der Waals surface area contributed by atoms with Crippen LogP contribution in [0.2, 0.25) is 5.02 Å². The van der Waals surface area contributed by atoms with Crippen molar-refractivity contribution in [3.63, 3.8) is 0 Å². The van der Waals surface area contributed by atoms with Crippen LogP contribution < -0.4 is 0 Å². The van der Waals surface area contributed by atoms with Gasteiger partial charge in [0.05, 0.1) is 5.02 Å². The highest BCUT2D eigenvalue weighted by molar-refractivity contribution is 7.98. The standard InChI is InChI=1S/C6H6ClNS/c1-9-6-4-8-3-2-5(6)7/h2-4H,1H3. The number of aromatic nitrogens is 1. The van der Waals surface area contributed by atoms with Crippen molar-refractivity contribution in [2.24, 2.45) is 0 Å². The van der Waals surface area contributed by atoms with E-state index in [2.05, 4.69) is 4.98 Å². The van der Waals surface area contributed by atoms with Gasteiger partial charge in [0.2, 0.25) is 0 Å². The molecule has 1 aromatic heterocycles. The molecule has 0 aromatic carbocycles. The topological polar surface area (TPSA) is 12.9 Å². The maximum Gasteiger partial charge on any atom is 0.0572 e. The molecule has 0 fully saturated rings. The lowest BCUT2D eigenvalue weighted by Crippen LogP contribution is -1.73. The van der Waals surface area contributed by atoms with Crippen LogP contribution in [0, 0.1) is 0 Å². The Morgan fingerprint density at radius 1 is 1.67 bits per heavy atom. The van der Waals surface area contributed by atoms with Crippen LogP contribution in [0.3, 0.4) is 0 Å². The zero-order valence-corrected chi connectivity index (χ0v) is 6.54. The minimum atomic E-state index is 0.775. The largest absolute Gasteiger partial charge is 0.263 e. The van der Waals surface area contributed by atoms with E-state index < -0.39 is 0 Å². The summed E-state index contributed by atoms with van der Waals surface area (Å²) in [5.74, 6) is 0. The van der Waals surface area contributed by atoms with Crippen molar-refractivity contribution in [2.45, 2.75) is 4.90 Å². The second-order valence-corrected chi connectivity index (χ2v) is 2.77. The molecular weight excluding hydrogens is 154 g/mol. The van der Waals surface area contributed by atoms with Gasteiger partial charge in [-0.25, -0.2) is 0 Å². The fourth-order valence-corrected chi connectivity index (χ4v) is 1.28. The third-order valence-corrected chi connectivity index (χ3v) is 2.16. The highest BCUT2D eigenvalue weighted by atomic mass is 35.5. The van der Waals surface area contributed by atoms with Crippen LogP contribution in [0.15, 0.2) is 23.4 Å². The Kier molecular flexibility index (Phi) is 2.37. The van der Waals surface area contributed by atoms with E-state index in [1.54, 1.807) is 30.2 Å². The van der Waals surface area contributed by atoms with Crippen LogP contribution in [0.4, 0.5) is 0 Å². The molecule has 48 valence electrons. The first kappa shape index (κ1) is 6.90. The number of hydrogen-bond donors (Lipinski definition) is 0. The summed E-state index contributed by atoms with van der Waals surface area (Å²) in [5, 5.41) is 0.775. The lowest BCUT2D eigenvalue weighted by atomic mass is 10.5. The normalized spacial score (nSPS) is 9.56. The smallest absolute Gasteiger partial charge is 0.0572 e. The molecule has 1 heterocycles. The molecule has 0 saturated heterocycles. The summed E-state index contributed by atoms with van der Waals surface area (Å²) < 4.78 is 0. The molecule has 0 aliphatic heterocycles. The van der Waals surface area contributed by atoms with Gasteiger partial charge in [-0.3, -0.25) is 4.98 Å². The molecule has 3 heteroatoms.